The van der Waals surface area contributed by atoms with Crippen LogP contribution in [0, 0.1) is 0 Å². The molecule has 0 saturated heterocycles. The summed E-state index contributed by atoms with van der Waals surface area (Å²) in [6, 6.07) is 2.14. The average molecular weight is 175 g/mol. The van der Waals surface area contributed by atoms with Gasteiger partial charge in [0.15, 0.2) is 0 Å². The van der Waals surface area contributed by atoms with Crippen LogP contribution in [-0.4, -0.2) is 4.57 Å². The Morgan fingerprint density at radius 3 is 2.77 bits per heavy atom. The molecule has 0 fully saturated rings. The minimum Gasteiger partial charge on any atom is -0.351 e. The summed E-state index contributed by atoms with van der Waals surface area (Å²) >= 11 is 0. The van der Waals surface area contributed by atoms with Crippen LogP contribution in [0.4, 0.5) is 0 Å². The predicted octanol–water partition coefficient (Wildman–Crippen LogP) is 3.48. The Morgan fingerprint density at radius 1 is 1.38 bits per heavy atom. The van der Waals surface area contributed by atoms with Crippen LogP contribution in [0.15, 0.2) is 24.4 Å². The van der Waals surface area contributed by atoms with Gasteiger partial charge < -0.3 is 4.57 Å². The van der Waals surface area contributed by atoms with E-state index in [9.17, 15) is 0 Å². The van der Waals surface area contributed by atoms with E-state index in [1.54, 1.807) is 0 Å². The Kier molecular flexibility index (Phi) is 3.56. The number of hydrogen-bond donors (Lipinski definition) is 0. The van der Waals surface area contributed by atoms with E-state index in [4.69, 9.17) is 0 Å². The summed E-state index contributed by atoms with van der Waals surface area (Å²) in [6.45, 7) is 4.19. The lowest BCUT2D eigenvalue weighted by Crippen LogP contribution is -1.88. The molecule has 1 rings (SSSR count). The Hall–Kier alpha value is -1.24. The molecule has 0 radical (unpaired) electrons. The lowest BCUT2D eigenvalue weighted by Gasteiger charge is -1.97. The van der Waals surface area contributed by atoms with Crippen LogP contribution < -0.4 is 0 Å². The van der Waals surface area contributed by atoms with Crippen molar-refractivity contribution in [1.29, 1.82) is 0 Å². The van der Waals surface area contributed by atoms with Crippen LogP contribution in [0.3, 0.4) is 0 Å². The van der Waals surface area contributed by atoms with E-state index in [1.165, 1.54) is 11.3 Å². The average Bonchev–Trinajstić information content (AvgIpc) is 2.46. The molecule has 13 heavy (non-hydrogen) atoms. The zero-order valence-electron chi connectivity index (χ0n) is 8.62. The second kappa shape index (κ2) is 4.70. The van der Waals surface area contributed by atoms with E-state index >= 15 is 0 Å². The first kappa shape index (κ1) is 9.85. The summed E-state index contributed by atoms with van der Waals surface area (Å²) in [4.78, 5) is 0. The van der Waals surface area contributed by atoms with Crippen molar-refractivity contribution in [2.75, 3.05) is 0 Å². The van der Waals surface area contributed by atoms with Crippen molar-refractivity contribution >= 4 is 12.2 Å². The maximum Gasteiger partial charge on any atom is 0.0474 e. The highest BCUT2D eigenvalue weighted by molar-refractivity contribution is 5.63. The maximum atomic E-state index is 2.18. The van der Waals surface area contributed by atoms with Gasteiger partial charge in [-0.05, 0) is 31.1 Å². The van der Waals surface area contributed by atoms with Crippen molar-refractivity contribution in [2.24, 2.45) is 7.05 Å². The van der Waals surface area contributed by atoms with Crippen LogP contribution in [0.1, 0.15) is 31.5 Å². The van der Waals surface area contributed by atoms with Crippen LogP contribution in [0.2, 0.25) is 0 Å². The van der Waals surface area contributed by atoms with Gasteiger partial charge in [0.05, 0.1) is 0 Å². The first-order valence-corrected chi connectivity index (χ1v) is 4.74. The summed E-state index contributed by atoms with van der Waals surface area (Å²) in [5.41, 5.74) is 2.56. The molecule has 0 saturated carbocycles. The lowest BCUT2D eigenvalue weighted by atomic mass is 10.2. The SMILES string of the molecule is C/C=C\c1c(/C=C\CC)ccn1C. The third-order valence-electron chi connectivity index (χ3n) is 2.01. The largest absolute Gasteiger partial charge is 0.351 e. The zero-order chi connectivity index (χ0) is 9.68. The van der Waals surface area contributed by atoms with Gasteiger partial charge in [-0.1, -0.05) is 25.2 Å². The first-order chi connectivity index (χ1) is 6.29. The van der Waals surface area contributed by atoms with Gasteiger partial charge in [-0.3, -0.25) is 0 Å². The Bertz CT molecular complexity index is 316. The van der Waals surface area contributed by atoms with Crippen molar-refractivity contribution in [3.63, 3.8) is 0 Å². The highest BCUT2D eigenvalue weighted by Crippen LogP contribution is 2.13. The van der Waals surface area contributed by atoms with Gasteiger partial charge in [0.1, 0.15) is 0 Å². The molecule has 0 atom stereocenters. The van der Waals surface area contributed by atoms with E-state index < -0.39 is 0 Å². The van der Waals surface area contributed by atoms with E-state index in [-0.39, 0.29) is 0 Å². The number of aromatic nitrogens is 1. The topological polar surface area (TPSA) is 4.93 Å². The minimum atomic E-state index is 1.09. The summed E-state index contributed by atoms with van der Waals surface area (Å²) in [5.74, 6) is 0. The van der Waals surface area contributed by atoms with Crippen LogP contribution in [-0.2, 0) is 7.05 Å². The Morgan fingerprint density at radius 2 is 2.15 bits per heavy atom. The zero-order valence-corrected chi connectivity index (χ0v) is 8.62. The highest BCUT2D eigenvalue weighted by atomic mass is 14.9. The van der Waals surface area contributed by atoms with Gasteiger partial charge in [-0.2, -0.15) is 0 Å². The molecular formula is C12H17N. The number of nitrogens with zero attached hydrogens (tertiary/aromatic N) is 1. The van der Waals surface area contributed by atoms with E-state index in [2.05, 4.69) is 55.1 Å². The molecule has 0 N–H and O–H groups in total. The van der Waals surface area contributed by atoms with Crippen LogP contribution in [0.25, 0.3) is 12.2 Å². The van der Waals surface area contributed by atoms with E-state index in [0.29, 0.717) is 0 Å². The van der Waals surface area contributed by atoms with Crippen LogP contribution >= 0.6 is 0 Å². The molecule has 0 spiro atoms. The molecule has 70 valence electrons. The van der Waals surface area contributed by atoms with Gasteiger partial charge in [0, 0.05) is 18.9 Å². The molecule has 1 aromatic rings. The summed E-state index contributed by atoms with van der Waals surface area (Å²) < 4.78 is 2.13. The quantitative estimate of drug-likeness (QED) is 0.662. The predicted molar refractivity (Wildman–Crippen MR) is 59.4 cm³/mol. The smallest absolute Gasteiger partial charge is 0.0474 e. The normalized spacial score (nSPS) is 11.9. The highest BCUT2D eigenvalue weighted by Gasteiger charge is 1.98. The van der Waals surface area contributed by atoms with Crippen molar-refractivity contribution in [1.82, 2.24) is 4.57 Å². The summed E-state index contributed by atoms with van der Waals surface area (Å²) in [7, 11) is 2.07. The standard InChI is InChI=1S/C12H17N/c1-4-6-8-11-9-10-13(3)12(11)7-5-2/h5-10H,4H2,1-3H3/b7-5-,8-6-. The fourth-order valence-electron chi connectivity index (χ4n) is 1.32. The minimum absolute atomic E-state index is 1.09. The molecule has 1 aromatic heterocycles. The van der Waals surface area contributed by atoms with Crippen molar-refractivity contribution < 1.29 is 0 Å². The van der Waals surface area contributed by atoms with E-state index in [1.807, 2.05) is 6.92 Å². The van der Waals surface area contributed by atoms with Gasteiger partial charge >= 0.3 is 0 Å². The second-order valence-corrected chi connectivity index (χ2v) is 3.08. The fraction of sp³-hybridized carbons (Fsp3) is 0.333. The summed E-state index contributed by atoms with van der Waals surface area (Å²) in [5, 5.41) is 0. The van der Waals surface area contributed by atoms with Crippen molar-refractivity contribution in [3.05, 3.63) is 35.7 Å². The number of aryl methyl sites for hydroxylation is 1. The third-order valence-corrected chi connectivity index (χ3v) is 2.01. The second-order valence-electron chi connectivity index (χ2n) is 3.08. The van der Waals surface area contributed by atoms with Gasteiger partial charge in [0.25, 0.3) is 0 Å². The molecular weight excluding hydrogens is 158 g/mol. The molecule has 1 heterocycles. The monoisotopic (exact) mass is 175 g/mol. The molecule has 0 amide bonds. The van der Waals surface area contributed by atoms with E-state index in [0.717, 1.165) is 6.42 Å². The molecule has 0 aliphatic carbocycles. The fourth-order valence-corrected chi connectivity index (χ4v) is 1.32. The Balaban J connectivity index is 3.00. The molecule has 0 bridgehead atoms. The number of hydrogen-bond acceptors (Lipinski definition) is 0. The van der Waals surface area contributed by atoms with Crippen molar-refractivity contribution in [2.45, 2.75) is 20.3 Å². The maximum absolute atomic E-state index is 2.18. The first-order valence-electron chi connectivity index (χ1n) is 4.74. The molecule has 1 nitrogen and oxygen atoms in total. The third kappa shape index (κ3) is 2.35. The number of allylic oxidation sites excluding steroid dienone is 2. The molecule has 0 aliphatic heterocycles. The molecule has 1 heteroatoms. The van der Waals surface area contributed by atoms with Gasteiger partial charge in [-0.15, -0.1) is 0 Å². The van der Waals surface area contributed by atoms with Gasteiger partial charge in [-0.25, -0.2) is 0 Å². The van der Waals surface area contributed by atoms with Crippen LogP contribution in [0.5, 0.6) is 0 Å². The van der Waals surface area contributed by atoms with Gasteiger partial charge in [0.2, 0.25) is 0 Å². The molecule has 0 aromatic carbocycles. The Labute approximate surface area is 80.4 Å². The van der Waals surface area contributed by atoms with Crippen molar-refractivity contribution in [3.8, 4) is 0 Å². The molecule has 0 unspecified atom stereocenters. The number of rotatable bonds is 3. The summed E-state index contributed by atoms with van der Waals surface area (Å²) in [6.07, 6.45) is 11.7. The lowest BCUT2D eigenvalue weighted by molar-refractivity contribution is 0.913. The molecule has 0 aliphatic rings.